The number of ether oxygens (including phenoxy) is 2. The molecule has 4 nitrogen and oxygen atoms in total. The minimum Gasteiger partial charge on any atom is -0.380 e. The predicted molar refractivity (Wildman–Crippen MR) is 54.2 cm³/mol. The highest BCUT2D eigenvalue weighted by Gasteiger charge is 2.26. The first-order chi connectivity index (χ1) is 6.90. The third-order valence-corrected chi connectivity index (χ3v) is 3.09. The molecular weight excluding hydrogens is 180 g/mol. The van der Waals surface area contributed by atoms with E-state index in [1.54, 1.807) is 0 Å². The van der Waals surface area contributed by atoms with Gasteiger partial charge in [-0.25, -0.2) is 0 Å². The summed E-state index contributed by atoms with van der Waals surface area (Å²) in [6.07, 6.45) is 2.68. The van der Waals surface area contributed by atoms with Gasteiger partial charge in [0.05, 0.1) is 19.3 Å². The maximum Gasteiger partial charge on any atom is 0.0824 e. The van der Waals surface area contributed by atoms with Gasteiger partial charge in [0.2, 0.25) is 0 Å². The van der Waals surface area contributed by atoms with Gasteiger partial charge in [-0.05, 0) is 12.8 Å². The third kappa shape index (κ3) is 2.45. The lowest BCUT2D eigenvalue weighted by molar-refractivity contribution is -0.0653. The second kappa shape index (κ2) is 5.07. The first-order valence-corrected chi connectivity index (χ1v) is 5.53. The van der Waals surface area contributed by atoms with Gasteiger partial charge in [0.25, 0.3) is 0 Å². The zero-order chi connectivity index (χ0) is 9.80. The summed E-state index contributed by atoms with van der Waals surface area (Å²) >= 11 is 0. The SMILES string of the molecule is NCC1CN(C2CCCOC2)CCO1. The Labute approximate surface area is 85.3 Å². The molecule has 2 aliphatic heterocycles. The minimum absolute atomic E-state index is 0.227. The van der Waals surface area contributed by atoms with Crippen molar-refractivity contribution in [1.29, 1.82) is 0 Å². The van der Waals surface area contributed by atoms with Crippen LogP contribution in [0.4, 0.5) is 0 Å². The van der Waals surface area contributed by atoms with Gasteiger partial charge in [0.1, 0.15) is 0 Å². The van der Waals surface area contributed by atoms with E-state index < -0.39 is 0 Å². The molecule has 0 aromatic rings. The van der Waals surface area contributed by atoms with Crippen molar-refractivity contribution in [3.63, 3.8) is 0 Å². The van der Waals surface area contributed by atoms with Crippen LogP contribution >= 0.6 is 0 Å². The predicted octanol–water partition coefficient (Wildman–Crippen LogP) is -0.175. The van der Waals surface area contributed by atoms with Gasteiger partial charge in [0, 0.05) is 32.3 Å². The molecule has 0 amide bonds. The van der Waals surface area contributed by atoms with Crippen LogP contribution in [0.15, 0.2) is 0 Å². The summed E-state index contributed by atoms with van der Waals surface area (Å²) in [4.78, 5) is 2.47. The van der Waals surface area contributed by atoms with Crippen LogP contribution in [0.3, 0.4) is 0 Å². The highest BCUT2D eigenvalue weighted by molar-refractivity contribution is 4.80. The van der Waals surface area contributed by atoms with Crippen LogP contribution in [0.5, 0.6) is 0 Å². The Bertz CT molecular complexity index is 172. The fourth-order valence-corrected chi connectivity index (χ4v) is 2.23. The molecule has 2 unspecified atom stereocenters. The molecule has 2 atom stereocenters. The van der Waals surface area contributed by atoms with E-state index in [1.165, 1.54) is 12.8 Å². The number of morpholine rings is 1. The van der Waals surface area contributed by atoms with Crippen molar-refractivity contribution in [2.75, 3.05) is 39.5 Å². The van der Waals surface area contributed by atoms with E-state index in [0.29, 0.717) is 12.6 Å². The Balaban J connectivity index is 1.83. The van der Waals surface area contributed by atoms with Crippen LogP contribution in [0.25, 0.3) is 0 Å². The molecule has 2 N–H and O–H groups in total. The summed E-state index contributed by atoms with van der Waals surface area (Å²) in [6, 6.07) is 0.599. The Morgan fingerprint density at radius 2 is 2.29 bits per heavy atom. The van der Waals surface area contributed by atoms with E-state index in [9.17, 15) is 0 Å². The number of hydrogen-bond donors (Lipinski definition) is 1. The second-order valence-electron chi connectivity index (χ2n) is 4.09. The molecule has 2 aliphatic rings. The van der Waals surface area contributed by atoms with Crippen molar-refractivity contribution < 1.29 is 9.47 Å². The molecule has 82 valence electrons. The standard InChI is InChI=1S/C10H20N2O2/c11-6-10-7-12(3-5-14-10)9-2-1-4-13-8-9/h9-10H,1-8,11H2. The number of nitrogens with two attached hydrogens (primary N) is 1. The summed E-state index contributed by atoms with van der Waals surface area (Å²) < 4.78 is 11.0. The van der Waals surface area contributed by atoms with Gasteiger partial charge < -0.3 is 15.2 Å². The van der Waals surface area contributed by atoms with Gasteiger partial charge in [-0.3, -0.25) is 4.90 Å². The zero-order valence-electron chi connectivity index (χ0n) is 8.65. The zero-order valence-corrected chi connectivity index (χ0v) is 8.65. The monoisotopic (exact) mass is 200 g/mol. The summed E-state index contributed by atoms with van der Waals surface area (Å²) in [5.41, 5.74) is 5.61. The summed E-state index contributed by atoms with van der Waals surface area (Å²) in [7, 11) is 0. The molecule has 0 saturated carbocycles. The Hall–Kier alpha value is -0.160. The normalized spacial score (nSPS) is 35.8. The summed E-state index contributed by atoms with van der Waals surface area (Å²) in [6.45, 7) is 5.27. The number of nitrogens with zero attached hydrogens (tertiary/aromatic N) is 1. The lowest BCUT2D eigenvalue weighted by atomic mass is 10.1. The van der Waals surface area contributed by atoms with Crippen molar-refractivity contribution in [3.8, 4) is 0 Å². The first kappa shape index (κ1) is 10.4. The second-order valence-corrected chi connectivity index (χ2v) is 4.09. The van der Waals surface area contributed by atoms with Crippen molar-refractivity contribution in [3.05, 3.63) is 0 Å². The maximum absolute atomic E-state index is 5.61. The smallest absolute Gasteiger partial charge is 0.0824 e. The highest BCUT2D eigenvalue weighted by Crippen LogP contribution is 2.16. The van der Waals surface area contributed by atoms with Crippen LogP contribution in [-0.2, 0) is 9.47 Å². The number of hydrogen-bond acceptors (Lipinski definition) is 4. The minimum atomic E-state index is 0.227. The molecule has 2 rings (SSSR count). The van der Waals surface area contributed by atoms with E-state index in [1.807, 2.05) is 0 Å². The van der Waals surface area contributed by atoms with E-state index in [4.69, 9.17) is 15.2 Å². The van der Waals surface area contributed by atoms with Crippen LogP contribution in [0, 0.1) is 0 Å². The van der Waals surface area contributed by atoms with Gasteiger partial charge in [0.15, 0.2) is 0 Å². The van der Waals surface area contributed by atoms with Gasteiger partial charge in [-0.15, -0.1) is 0 Å². The molecule has 14 heavy (non-hydrogen) atoms. The quantitative estimate of drug-likeness (QED) is 0.672. The van der Waals surface area contributed by atoms with Crippen LogP contribution < -0.4 is 5.73 Å². The Kier molecular flexibility index (Phi) is 3.75. The van der Waals surface area contributed by atoms with E-state index in [2.05, 4.69) is 4.90 Å². The Morgan fingerprint density at radius 3 is 3.00 bits per heavy atom. The summed E-state index contributed by atoms with van der Waals surface area (Å²) in [5.74, 6) is 0. The molecule has 0 radical (unpaired) electrons. The number of rotatable bonds is 2. The van der Waals surface area contributed by atoms with Crippen LogP contribution in [-0.4, -0.2) is 56.5 Å². The summed E-state index contributed by atoms with van der Waals surface area (Å²) in [5, 5.41) is 0. The van der Waals surface area contributed by atoms with E-state index in [0.717, 1.165) is 32.9 Å². The van der Waals surface area contributed by atoms with Gasteiger partial charge in [-0.2, -0.15) is 0 Å². The molecule has 0 aromatic carbocycles. The fraction of sp³-hybridized carbons (Fsp3) is 1.00. The van der Waals surface area contributed by atoms with Gasteiger partial charge >= 0.3 is 0 Å². The Morgan fingerprint density at radius 1 is 1.36 bits per heavy atom. The molecule has 0 spiro atoms. The molecule has 0 aliphatic carbocycles. The van der Waals surface area contributed by atoms with E-state index in [-0.39, 0.29) is 6.10 Å². The lowest BCUT2D eigenvalue weighted by Crippen LogP contribution is -2.52. The van der Waals surface area contributed by atoms with Crippen molar-refractivity contribution in [1.82, 2.24) is 4.90 Å². The highest BCUT2D eigenvalue weighted by atomic mass is 16.5. The molecule has 0 aromatic heterocycles. The van der Waals surface area contributed by atoms with Crippen LogP contribution in [0.1, 0.15) is 12.8 Å². The third-order valence-electron chi connectivity index (χ3n) is 3.09. The average Bonchev–Trinajstić information content (AvgIpc) is 2.30. The lowest BCUT2D eigenvalue weighted by Gasteiger charge is -2.39. The van der Waals surface area contributed by atoms with Crippen LogP contribution in [0.2, 0.25) is 0 Å². The van der Waals surface area contributed by atoms with E-state index >= 15 is 0 Å². The van der Waals surface area contributed by atoms with Crippen molar-refractivity contribution >= 4 is 0 Å². The topological polar surface area (TPSA) is 47.7 Å². The van der Waals surface area contributed by atoms with Crippen molar-refractivity contribution in [2.45, 2.75) is 25.0 Å². The maximum atomic E-state index is 5.61. The van der Waals surface area contributed by atoms with Crippen molar-refractivity contribution in [2.24, 2.45) is 5.73 Å². The molecule has 2 heterocycles. The molecule has 0 bridgehead atoms. The average molecular weight is 200 g/mol. The first-order valence-electron chi connectivity index (χ1n) is 5.53. The largest absolute Gasteiger partial charge is 0.380 e. The van der Waals surface area contributed by atoms with Gasteiger partial charge in [-0.1, -0.05) is 0 Å². The molecule has 2 saturated heterocycles. The molecule has 2 fully saturated rings. The molecular formula is C10H20N2O2. The fourth-order valence-electron chi connectivity index (χ4n) is 2.23. The molecule has 4 heteroatoms.